The van der Waals surface area contributed by atoms with Crippen molar-refractivity contribution >= 4 is 40.7 Å². The summed E-state index contributed by atoms with van der Waals surface area (Å²) in [6.07, 6.45) is -0.984. The molecule has 0 unspecified atom stereocenters. The first-order chi connectivity index (χ1) is 11.8. The summed E-state index contributed by atoms with van der Waals surface area (Å²) in [5, 5.41) is 2.59. The zero-order valence-corrected chi connectivity index (χ0v) is 15.5. The van der Waals surface area contributed by atoms with E-state index in [4.69, 9.17) is 4.74 Å². The van der Waals surface area contributed by atoms with Crippen LogP contribution in [0.15, 0.2) is 35.2 Å². The number of carbonyl (C=O) groups is 2. The Morgan fingerprint density at radius 1 is 1.20 bits per heavy atom. The van der Waals surface area contributed by atoms with E-state index in [0.717, 1.165) is 9.75 Å². The van der Waals surface area contributed by atoms with E-state index >= 15 is 0 Å². The van der Waals surface area contributed by atoms with Gasteiger partial charge in [-0.1, -0.05) is 11.8 Å². The van der Waals surface area contributed by atoms with Gasteiger partial charge in [0.25, 0.3) is 11.7 Å². The summed E-state index contributed by atoms with van der Waals surface area (Å²) in [7, 11) is 0. The lowest BCUT2D eigenvalue weighted by Crippen LogP contribution is -2.30. The Bertz CT molecular complexity index is 760. The summed E-state index contributed by atoms with van der Waals surface area (Å²) >= 11 is 1.91. The first kappa shape index (κ1) is 19.4. The third kappa shape index (κ3) is 5.54. The number of nitrogens with one attached hydrogen (secondary N) is 1. The van der Waals surface area contributed by atoms with Crippen molar-refractivity contribution in [3.8, 4) is 0 Å². The number of rotatable bonds is 6. The highest BCUT2D eigenvalue weighted by molar-refractivity contribution is 7.99. The molecule has 1 atom stereocenters. The van der Waals surface area contributed by atoms with Gasteiger partial charge in [-0.05, 0) is 51.1 Å². The number of carbonyl (C=O) groups excluding carboxylic acids is 2. The number of hydrogen-bond donors (Lipinski definition) is 1. The maximum Gasteiger partial charge on any atom is 0.340 e. The fourth-order valence-electron chi connectivity index (χ4n) is 2.07. The topological polar surface area (TPSA) is 55.4 Å². The lowest BCUT2D eigenvalue weighted by atomic mass is 10.2. The summed E-state index contributed by atoms with van der Waals surface area (Å²) in [4.78, 5) is 26.5. The minimum atomic E-state index is -2.50. The van der Waals surface area contributed by atoms with Crippen LogP contribution in [0.3, 0.4) is 0 Å². The van der Waals surface area contributed by atoms with Crippen LogP contribution in [-0.2, 0) is 9.53 Å². The van der Waals surface area contributed by atoms with Gasteiger partial charge in [0.05, 0.1) is 5.56 Å². The molecule has 2 aromatic rings. The molecule has 0 saturated carbocycles. The Balaban J connectivity index is 1.93. The maximum atomic E-state index is 12.3. The predicted molar refractivity (Wildman–Crippen MR) is 95.6 cm³/mol. The Kier molecular flexibility index (Phi) is 6.55. The number of thioether (sulfide) groups is 1. The zero-order valence-electron chi connectivity index (χ0n) is 13.8. The predicted octanol–water partition coefficient (Wildman–Crippen LogP) is 4.86. The van der Waals surface area contributed by atoms with Crippen LogP contribution in [0.2, 0.25) is 0 Å². The summed E-state index contributed by atoms with van der Waals surface area (Å²) in [5.74, 6) is -3.54. The summed E-state index contributed by atoms with van der Waals surface area (Å²) < 4.78 is 29.7. The Morgan fingerprint density at radius 3 is 2.36 bits per heavy atom. The number of benzene rings is 1. The first-order valence-electron chi connectivity index (χ1n) is 7.40. The molecule has 0 aliphatic carbocycles. The summed E-state index contributed by atoms with van der Waals surface area (Å²) in [5.41, 5.74) is 0.893. The Morgan fingerprint density at radius 2 is 1.84 bits per heavy atom. The molecule has 0 aliphatic heterocycles. The van der Waals surface area contributed by atoms with E-state index in [2.05, 4.69) is 5.32 Å². The van der Waals surface area contributed by atoms with Crippen molar-refractivity contribution in [3.05, 3.63) is 45.6 Å². The second-order valence-electron chi connectivity index (χ2n) is 5.27. The average molecular weight is 385 g/mol. The first-order valence-corrected chi connectivity index (χ1v) is 9.09. The van der Waals surface area contributed by atoms with E-state index in [1.54, 1.807) is 6.07 Å². The highest BCUT2D eigenvalue weighted by atomic mass is 32.2. The van der Waals surface area contributed by atoms with Gasteiger partial charge >= 0.3 is 5.97 Å². The van der Waals surface area contributed by atoms with E-state index in [0.29, 0.717) is 27.9 Å². The SMILES string of the molecule is Cc1cc(C(=O)O[C@H](C)C(=O)Nc2ccc(SC(F)F)cc2)c(C)s1. The Hall–Kier alpha value is -1.93. The monoisotopic (exact) mass is 385 g/mol. The molecule has 0 fully saturated rings. The zero-order chi connectivity index (χ0) is 18.6. The highest BCUT2D eigenvalue weighted by Gasteiger charge is 2.21. The third-order valence-electron chi connectivity index (χ3n) is 3.26. The van der Waals surface area contributed by atoms with Crippen LogP contribution in [0.1, 0.15) is 27.0 Å². The minimum absolute atomic E-state index is 0.399. The van der Waals surface area contributed by atoms with Gasteiger partial charge in [0.2, 0.25) is 0 Å². The van der Waals surface area contributed by atoms with E-state index in [-0.39, 0.29) is 0 Å². The second-order valence-corrected chi connectivity index (χ2v) is 7.79. The largest absolute Gasteiger partial charge is 0.449 e. The molecule has 1 aromatic carbocycles. The lowest BCUT2D eigenvalue weighted by Gasteiger charge is -2.13. The number of anilines is 1. The summed E-state index contributed by atoms with van der Waals surface area (Å²) in [6, 6.07) is 7.74. The van der Waals surface area contributed by atoms with Crippen molar-refractivity contribution in [3.63, 3.8) is 0 Å². The molecule has 1 amide bonds. The van der Waals surface area contributed by atoms with Crippen molar-refractivity contribution < 1.29 is 23.1 Å². The van der Waals surface area contributed by atoms with Gasteiger partial charge in [0.1, 0.15) is 0 Å². The van der Waals surface area contributed by atoms with Crippen LogP contribution in [0, 0.1) is 13.8 Å². The number of alkyl halides is 2. The molecule has 25 heavy (non-hydrogen) atoms. The van der Waals surface area contributed by atoms with Gasteiger partial charge in [0.15, 0.2) is 6.10 Å². The number of aryl methyl sites for hydroxylation is 2. The van der Waals surface area contributed by atoms with Crippen LogP contribution in [0.25, 0.3) is 0 Å². The number of ether oxygens (including phenoxy) is 1. The quantitative estimate of drug-likeness (QED) is 0.570. The molecule has 2 rings (SSSR count). The molecule has 4 nitrogen and oxygen atoms in total. The number of thiophene rings is 1. The minimum Gasteiger partial charge on any atom is -0.449 e. The van der Waals surface area contributed by atoms with Gasteiger partial charge in [-0.2, -0.15) is 8.78 Å². The van der Waals surface area contributed by atoms with Crippen molar-refractivity contribution in [2.45, 2.75) is 37.5 Å². The molecule has 0 spiro atoms. The highest BCUT2D eigenvalue weighted by Crippen LogP contribution is 2.26. The molecule has 0 saturated heterocycles. The van der Waals surface area contributed by atoms with Crippen molar-refractivity contribution in [1.29, 1.82) is 0 Å². The molecular weight excluding hydrogens is 368 g/mol. The molecule has 0 radical (unpaired) electrons. The standard InChI is InChI=1S/C17H17F2NO3S2/c1-9-8-14(11(3)24-9)16(22)23-10(2)15(21)20-12-4-6-13(7-5-12)25-17(18)19/h4-8,10,17H,1-3H3,(H,20,21)/t10-/m1/s1. The van der Waals surface area contributed by atoms with Crippen LogP contribution in [-0.4, -0.2) is 23.7 Å². The lowest BCUT2D eigenvalue weighted by molar-refractivity contribution is -0.123. The second kappa shape index (κ2) is 8.44. The smallest absolute Gasteiger partial charge is 0.340 e. The molecular formula is C17H17F2NO3S2. The molecule has 8 heteroatoms. The van der Waals surface area contributed by atoms with Gasteiger partial charge in [-0.15, -0.1) is 11.3 Å². The van der Waals surface area contributed by atoms with Crippen molar-refractivity contribution in [2.75, 3.05) is 5.32 Å². The summed E-state index contributed by atoms with van der Waals surface area (Å²) in [6.45, 7) is 5.18. The van der Waals surface area contributed by atoms with Crippen LogP contribution in [0.4, 0.5) is 14.5 Å². The van der Waals surface area contributed by atoms with Gasteiger partial charge in [-0.25, -0.2) is 4.79 Å². The van der Waals surface area contributed by atoms with E-state index in [9.17, 15) is 18.4 Å². The molecule has 1 aromatic heterocycles. The number of hydrogen-bond acceptors (Lipinski definition) is 5. The van der Waals surface area contributed by atoms with Gasteiger partial charge in [-0.3, -0.25) is 4.79 Å². The van der Waals surface area contributed by atoms with E-state index in [1.165, 1.54) is 42.5 Å². The molecule has 0 bridgehead atoms. The number of esters is 1. The van der Waals surface area contributed by atoms with Gasteiger partial charge < -0.3 is 10.1 Å². The van der Waals surface area contributed by atoms with Crippen LogP contribution in [0.5, 0.6) is 0 Å². The fourth-order valence-corrected chi connectivity index (χ4v) is 3.49. The Labute approximate surface area is 152 Å². The maximum absolute atomic E-state index is 12.3. The van der Waals surface area contributed by atoms with Gasteiger partial charge in [0, 0.05) is 20.3 Å². The van der Waals surface area contributed by atoms with Crippen molar-refractivity contribution in [1.82, 2.24) is 0 Å². The normalized spacial score (nSPS) is 12.1. The number of amides is 1. The van der Waals surface area contributed by atoms with Crippen molar-refractivity contribution in [2.24, 2.45) is 0 Å². The van der Waals surface area contributed by atoms with Crippen LogP contribution < -0.4 is 5.32 Å². The molecule has 134 valence electrons. The fraction of sp³-hybridized carbons (Fsp3) is 0.294. The van der Waals surface area contributed by atoms with Crippen LogP contribution >= 0.6 is 23.1 Å². The number of halogens is 2. The third-order valence-corrected chi connectivity index (χ3v) is 4.95. The average Bonchev–Trinajstić information content (AvgIpc) is 2.87. The van der Waals surface area contributed by atoms with E-state index < -0.39 is 23.7 Å². The van der Waals surface area contributed by atoms with E-state index in [1.807, 2.05) is 13.8 Å². The molecule has 1 heterocycles. The molecule has 0 aliphatic rings. The molecule has 1 N–H and O–H groups in total.